The lowest BCUT2D eigenvalue weighted by atomic mass is 9.99. The first-order chi connectivity index (χ1) is 15.5. The Bertz CT molecular complexity index is 1040. The molecule has 3 rings (SSSR count). The van der Waals surface area contributed by atoms with E-state index >= 15 is 0 Å². The van der Waals surface area contributed by atoms with Gasteiger partial charge in [0.2, 0.25) is 6.29 Å². The first kappa shape index (κ1) is 25.3. The third kappa shape index (κ3) is 6.17. The maximum Gasteiger partial charge on any atom is 0.469 e. The Hall–Kier alpha value is -2.34. The largest absolute Gasteiger partial charge is 0.469 e. The smallest absolute Gasteiger partial charge is 0.462 e. The SMILES string of the molecule is CNC(=O)c1cccc(-c2ccc(OC3OC(COP(=O)(O)O)C(O)C(O)C3O)c(C)c2)c1. The third-order valence-corrected chi connectivity index (χ3v) is 5.66. The van der Waals surface area contributed by atoms with Crippen molar-refractivity contribution in [3.8, 4) is 16.9 Å². The van der Waals surface area contributed by atoms with Crippen LogP contribution in [0.25, 0.3) is 11.1 Å². The fraction of sp³-hybridized carbons (Fsp3) is 0.381. The molecule has 1 aliphatic rings. The number of hydrogen-bond acceptors (Lipinski definition) is 8. The molecule has 1 fully saturated rings. The molecule has 0 aromatic heterocycles. The molecular weight excluding hydrogens is 457 g/mol. The molecule has 5 unspecified atom stereocenters. The molecule has 12 heteroatoms. The zero-order chi connectivity index (χ0) is 24.3. The zero-order valence-electron chi connectivity index (χ0n) is 17.9. The van der Waals surface area contributed by atoms with Gasteiger partial charge >= 0.3 is 7.82 Å². The number of carbonyl (C=O) groups is 1. The van der Waals surface area contributed by atoms with E-state index in [1.807, 2.05) is 6.07 Å². The summed E-state index contributed by atoms with van der Waals surface area (Å²) in [6.07, 6.45) is -7.76. The summed E-state index contributed by atoms with van der Waals surface area (Å²) in [6.45, 7) is 1.02. The van der Waals surface area contributed by atoms with Crippen LogP contribution in [0.4, 0.5) is 0 Å². The molecule has 6 N–H and O–H groups in total. The van der Waals surface area contributed by atoms with Crippen molar-refractivity contribution in [3.05, 3.63) is 53.6 Å². The topological polar surface area (TPSA) is 175 Å². The van der Waals surface area contributed by atoms with Gasteiger partial charge in [-0.2, -0.15) is 0 Å². The van der Waals surface area contributed by atoms with Crippen molar-refractivity contribution in [3.63, 3.8) is 0 Å². The van der Waals surface area contributed by atoms with Gasteiger partial charge in [0.15, 0.2) is 0 Å². The standard InChI is InChI=1S/C21H26NO10P/c1-11-8-13(12-4-3-5-14(9-12)20(26)22-2)6-7-15(11)31-21-19(25)18(24)17(23)16(32-21)10-30-33(27,28)29/h3-9,16-19,21,23-25H,10H2,1-2H3,(H,22,26)(H2,27,28,29). The molecular formula is C21H26NO10P. The Morgan fingerprint density at radius 2 is 1.76 bits per heavy atom. The van der Waals surface area contributed by atoms with E-state index in [2.05, 4.69) is 9.84 Å². The van der Waals surface area contributed by atoms with Crippen LogP contribution >= 0.6 is 7.82 Å². The monoisotopic (exact) mass is 483 g/mol. The molecule has 0 spiro atoms. The summed E-state index contributed by atoms with van der Waals surface area (Å²) in [6, 6.07) is 12.2. The fourth-order valence-corrected chi connectivity index (χ4v) is 3.73. The van der Waals surface area contributed by atoms with Crippen LogP contribution < -0.4 is 10.1 Å². The van der Waals surface area contributed by atoms with Gasteiger partial charge < -0.3 is 39.9 Å². The van der Waals surface area contributed by atoms with Crippen LogP contribution in [0.5, 0.6) is 5.75 Å². The van der Waals surface area contributed by atoms with E-state index in [9.17, 15) is 24.7 Å². The van der Waals surface area contributed by atoms with E-state index in [0.29, 0.717) is 16.9 Å². The number of hydrogen-bond donors (Lipinski definition) is 6. The van der Waals surface area contributed by atoms with Gasteiger partial charge in [0.25, 0.3) is 5.91 Å². The molecule has 1 aliphatic heterocycles. The summed E-state index contributed by atoms with van der Waals surface area (Å²) in [5, 5.41) is 33.0. The van der Waals surface area contributed by atoms with Gasteiger partial charge in [-0.1, -0.05) is 18.2 Å². The minimum atomic E-state index is -4.84. The minimum absolute atomic E-state index is 0.213. The van der Waals surface area contributed by atoms with Crippen LogP contribution in [0, 0.1) is 6.92 Å². The lowest BCUT2D eigenvalue weighted by Gasteiger charge is -2.40. The Kier molecular flexibility index (Phi) is 7.88. The molecule has 0 radical (unpaired) electrons. The van der Waals surface area contributed by atoms with E-state index in [4.69, 9.17) is 19.3 Å². The van der Waals surface area contributed by atoms with Gasteiger partial charge in [-0.15, -0.1) is 0 Å². The van der Waals surface area contributed by atoms with E-state index < -0.39 is 45.1 Å². The van der Waals surface area contributed by atoms with Gasteiger partial charge in [0.05, 0.1) is 6.61 Å². The molecule has 1 amide bonds. The van der Waals surface area contributed by atoms with Gasteiger partial charge in [-0.3, -0.25) is 9.32 Å². The summed E-state index contributed by atoms with van der Waals surface area (Å²) in [5.41, 5.74) is 2.76. The Balaban J connectivity index is 1.77. The van der Waals surface area contributed by atoms with E-state index in [1.54, 1.807) is 50.4 Å². The van der Waals surface area contributed by atoms with Gasteiger partial charge in [-0.05, 0) is 47.9 Å². The van der Waals surface area contributed by atoms with Crippen molar-refractivity contribution in [1.29, 1.82) is 0 Å². The van der Waals surface area contributed by atoms with Crippen LogP contribution in [0.3, 0.4) is 0 Å². The molecule has 2 aromatic rings. The summed E-state index contributed by atoms with van der Waals surface area (Å²) in [5.74, 6) is 0.0958. The highest BCUT2D eigenvalue weighted by molar-refractivity contribution is 7.46. The van der Waals surface area contributed by atoms with Crippen LogP contribution in [0.1, 0.15) is 15.9 Å². The molecule has 33 heavy (non-hydrogen) atoms. The highest BCUT2D eigenvalue weighted by atomic mass is 31.2. The normalized spacial score (nSPS) is 25.5. The Labute approximate surface area is 189 Å². The minimum Gasteiger partial charge on any atom is -0.462 e. The maximum atomic E-state index is 11.9. The molecule has 1 saturated heterocycles. The second-order valence-electron chi connectivity index (χ2n) is 7.56. The Morgan fingerprint density at radius 3 is 2.39 bits per heavy atom. The molecule has 0 aliphatic carbocycles. The number of phosphoric ester groups is 1. The van der Waals surface area contributed by atoms with Crippen LogP contribution in [0.15, 0.2) is 42.5 Å². The number of aliphatic hydroxyl groups is 3. The number of rotatable bonds is 7. The number of amides is 1. The predicted octanol–water partition coefficient (Wildman–Crippen LogP) is 0.317. The third-order valence-electron chi connectivity index (χ3n) is 5.18. The van der Waals surface area contributed by atoms with Crippen molar-refractivity contribution in [2.45, 2.75) is 37.6 Å². The number of phosphoric acid groups is 1. The van der Waals surface area contributed by atoms with Crippen molar-refractivity contribution < 1.29 is 48.5 Å². The van der Waals surface area contributed by atoms with Gasteiger partial charge in [0.1, 0.15) is 30.2 Å². The lowest BCUT2D eigenvalue weighted by Crippen LogP contribution is -2.60. The van der Waals surface area contributed by atoms with Crippen molar-refractivity contribution in [2.75, 3.05) is 13.7 Å². The molecule has 1 heterocycles. The van der Waals surface area contributed by atoms with Crippen LogP contribution in [0.2, 0.25) is 0 Å². The average Bonchev–Trinajstić information content (AvgIpc) is 2.78. The van der Waals surface area contributed by atoms with Crippen LogP contribution in [-0.2, 0) is 13.8 Å². The molecule has 5 atom stereocenters. The van der Waals surface area contributed by atoms with Crippen molar-refractivity contribution >= 4 is 13.7 Å². The van der Waals surface area contributed by atoms with E-state index in [-0.39, 0.29) is 5.91 Å². The molecule has 0 bridgehead atoms. The van der Waals surface area contributed by atoms with Crippen molar-refractivity contribution in [2.24, 2.45) is 0 Å². The number of aryl methyl sites for hydroxylation is 1. The second kappa shape index (κ2) is 10.3. The number of aliphatic hydroxyl groups excluding tert-OH is 3. The quantitative estimate of drug-likeness (QED) is 0.301. The van der Waals surface area contributed by atoms with Gasteiger partial charge in [-0.25, -0.2) is 4.57 Å². The Morgan fingerprint density at radius 1 is 1.06 bits per heavy atom. The first-order valence-electron chi connectivity index (χ1n) is 9.99. The molecule has 180 valence electrons. The van der Waals surface area contributed by atoms with Gasteiger partial charge in [0, 0.05) is 12.6 Å². The summed E-state index contributed by atoms with van der Waals surface area (Å²) < 4.78 is 26.4. The lowest BCUT2D eigenvalue weighted by molar-refractivity contribution is -0.276. The first-order valence-corrected chi connectivity index (χ1v) is 11.5. The highest BCUT2D eigenvalue weighted by Gasteiger charge is 2.45. The zero-order valence-corrected chi connectivity index (χ0v) is 18.8. The van der Waals surface area contributed by atoms with E-state index in [0.717, 1.165) is 11.1 Å². The second-order valence-corrected chi connectivity index (χ2v) is 8.80. The number of ether oxygens (including phenoxy) is 2. The molecule has 0 saturated carbocycles. The van der Waals surface area contributed by atoms with E-state index in [1.165, 1.54) is 0 Å². The maximum absolute atomic E-state index is 11.9. The summed E-state index contributed by atoms with van der Waals surface area (Å²) >= 11 is 0. The number of benzene rings is 2. The molecule has 11 nitrogen and oxygen atoms in total. The fourth-order valence-electron chi connectivity index (χ4n) is 3.39. The average molecular weight is 483 g/mol. The summed E-state index contributed by atoms with van der Waals surface area (Å²) in [7, 11) is -3.29. The molecule has 2 aromatic carbocycles. The van der Waals surface area contributed by atoms with Crippen molar-refractivity contribution in [1.82, 2.24) is 5.32 Å². The highest BCUT2D eigenvalue weighted by Crippen LogP contribution is 2.37. The number of nitrogens with one attached hydrogen (secondary N) is 1. The number of carbonyl (C=O) groups excluding carboxylic acids is 1. The summed E-state index contributed by atoms with van der Waals surface area (Å²) in [4.78, 5) is 29.6. The van der Waals surface area contributed by atoms with Crippen LogP contribution in [-0.4, -0.2) is 75.4 Å². The predicted molar refractivity (Wildman–Crippen MR) is 115 cm³/mol.